The molecular formula is C26H35NO3S. The minimum Gasteiger partial charge on any atom is -0.297 e. The number of allylic oxidation sites excluding steroid dienone is 2. The summed E-state index contributed by atoms with van der Waals surface area (Å²) in [4.78, 5) is 39.0. The molecular weight excluding hydrogens is 406 g/mol. The maximum Gasteiger partial charge on any atom is 0.289 e. The van der Waals surface area contributed by atoms with Crippen molar-refractivity contribution in [1.82, 2.24) is 4.90 Å². The van der Waals surface area contributed by atoms with Crippen LogP contribution in [-0.4, -0.2) is 34.1 Å². The molecule has 5 heteroatoms. The molecule has 1 aliphatic heterocycles. The number of nitrogens with zero attached hydrogens (tertiary/aromatic N) is 1. The number of thioether (sulfide) groups is 1. The third-order valence-electron chi connectivity index (χ3n) is 10.5. The average molecular weight is 442 g/mol. The minimum absolute atomic E-state index is 0.0160. The molecule has 0 bridgehead atoms. The Balaban J connectivity index is 1.26. The van der Waals surface area contributed by atoms with Gasteiger partial charge in [0.05, 0.1) is 12.3 Å². The molecule has 0 radical (unpaired) electrons. The molecule has 2 amide bonds. The first kappa shape index (κ1) is 20.5. The SMILES string of the molecule is CC1=C2[C@@H]1C1[C@@H]3CC[C@@H]4C[C@@H](C)CC[C@@H]4[C@H]3CC[C@]1(C)[C@H]2C(=O)CN1C(=O)CSC1=O. The number of hydrogen-bond acceptors (Lipinski definition) is 4. The molecule has 1 heterocycles. The van der Waals surface area contributed by atoms with Crippen LogP contribution in [0, 0.1) is 52.8 Å². The topological polar surface area (TPSA) is 54.5 Å². The van der Waals surface area contributed by atoms with E-state index in [4.69, 9.17) is 0 Å². The number of carbonyl (C=O) groups excluding carboxylic acids is 3. The van der Waals surface area contributed by atoms with Gasteiger partial charge in [0, 0.05) is 11.8 Å². The first-order valence-electron chi connectivity index (χ1n) is 12.5. The average Bonchev–Trinajstić information content (AvgIpc) is 3.10. The smallest absolute Gasteiger partial charge is 0.289 e. The lowest BCUT2D eigenvalue weighted by atomic mass is 9.48. The molecule has 0 aromatic carbocycles. The van der Waals surface area contributed by atoms with Crippen LogP contribution in [0.2, 0.25) is 0 Å². The second kappa shape index (κ2) is 6.95. The van der Waals surface area contributed by atoms with Crippen molar-refractivity contribution in [3.63, 3.8) is 0 Å². The Morgan fingerprint density at radius 1 is 1.10 bits per heavy atom. The highest BCUT2D eigenvalue weighted by Crippen LogP contribution is 2.74. The fourth-order valence-corrected chi connectivity index (χ4v) is 9.98. The summed E-state index contributed by atoms with van der Waals surface area (Å²) < 4.78 is 0. The molecule has 0 aromatic heterocycles. The van der Waals surface area contributed by atoms with E-state index in [1.54, 1.807) is 0 Å². The molecule has 9 atom stereocenters. The number of hydrogen-bond donors (Lipinski definition) is 0. The van der Waals surface area contributed by atoms with Crippen LogP contribution in [0.4, 0.5) is 4.79 Å². The first-order valence-corrected chi connectivity index (χ1v) is 13.5. The highest BCUT2D eigenvalue weighted by atomic mass is 32.2. The van der Waals surface area contributed by atoms with Gasteiger partial charge in [-0.25, -0.2) is 0 Å². The van der Waals surface area contributed by atoms with Gasteiger partial charge >= 0.3 is 0 Å². The molecule has 4 saturated carbocycles. The Morgan fingerprint density at radius 2 is 1.87 bits per heavy atom. The quantitative estimate of drug-likeness (QED) is 0.556. The molecule has 6 rings (SSSR count). The summed E-state index contributed by atoms with van der Waals surface area (Å²) in [6, 6.07) is 0. The summed E-state index contributed by atoms with van der Waals surface area (Å²) >= 11 is 1.03. The van der Waals surface area contributed by atoms with Crippen molar-refractivity contribution in [1.29, 1.82) is 0 Å². The van der Waals surface area contributed by atoms with Crippen LogP contribution in [0.5, 0.6) is 0 Å². The van der Waals surface area contributed by atoms with Gasteiger partial charge in [-0.3, -0.25) is 19.3 Å². The lowest BCUT2D eigenvalue weighted by Gasteiger charge is -2.57. The second-order valence-electron chi connectivity index (χ2n) is 11.9. The zero-order valence-corrected chi connectivity index (χ0v) is 19.9. The van der Waals surface area contributed by atoms with Crippen LogP contribution < -0.4 is 0 Å². The van der Waals surface area contributed by atoms with Crippen molar-refractivity contribution in [3.8, 4) is 0 Å². The van der Waals surface area contributed by atoms with Crippen LogP contribution in [0.1, 0.15) is 65.7 Å². The standard InChI is InChI=1S/C26H35NO3S/c1-13-4-6-16-15(10-13)5-7-18-17(16)8-9-26(3)23(18)21-14(2)22(21)24(26)19(28)11-27-20(29)12-31-25(27)30/h13,15-18,21,23-24H,4-12H2,1-3H3/t13-,15+,16-,17+,18+,21+,23?,24-,26-/m0/s1. The molecule has 5 aliphatic carbocycles. The van der Waals surface area contributed by atoms with Gasteiger partial charge in [0.1, 0.15) is 0 Å². The van der Waals surface area contributed by atoms with E-state index < -0.39 is 0 Å². The lowest BCUT2D eigenvalue weighted by Crippen LogP contribution is -2.51. The normalized spacial score (nSPS) is 48.3. The van der Waals surface area contributed by atoms with Crippen molar-refractivity contribution in [2.24, 2.45) is 52.8 Å². The van der Waals surface area contributed by atoms with E-state index in [2.05, 4.69) is 20.8 Å². The summed E-state index contributed by atoms with van der Waals surface area (Å²) in [6.45, 7) is 7.03. The molecule has 31 heavy (non-hydrogen) atoms. The van der Waals surface area contributed by atoms with Crippen LogP contribution in [0.15, 0.2) is 11.1 Å². The van der Waals surface area contributed by atoms with Gasteiger partial charge in [0.25, 0.3) is 5.24 Å². The zero-order valence-electron chi connectivity index (χ0n) is 19.1. The molecule has 5 fully saturated rings. The van der Waals surface area contributed by atoms with E-state index in [0.717, 1.165) is 47.8 Å². The molecule has 6 aliphatic rings. The Morgan fingerprint density at radius 3 is 2.61 bits per heavy atom. The summed E-state index contributed by atoms with van der Waals surface area (Å²) in [5.41, 5.74) is 2.87. The van der Waals surface area contributed by atoms with Gasteiger partial charge in [-0.1, -0.05) is 43.2 Å². The van der Waals surface area contributed by atoms with Gasteiger partial charge in [-0.15, -0.1) is 0 Å². The summed E-state index contributed by atoms with van der Waals surface area (Å²) in [5.74, 6) is 5.53. The van der Waals surface area contributed by atoms with Gasteiger partial charge in [-0.05, 0) is 86.4 Å². The largest absolute Gasteiger partial charge is 0.297 e. The lowest BCUT2D eigenvalue weighted by molar-refractivity contribution is -0.135. The number of carbonyl (C=O) groups is 3. The first-order chi connectivity index (χ1) is 14.8. The maximum absolute atomic E-state index is 13.6. The second-order valence-corrected chi connectivity index (χ2v) is 12.8. The number of amides is 2. The molecule has 1 unspecified atom stereocenters. The monoisotopic (exact) mass is 441 g/mol. The van der Waals surface area contributed by atoms with Crippen molar-refractivity contribution in [3.05, 3.63) is 11.1 Å². The van der Waals surface area contributed by atoms with E-state index in [0.29, 0.717) is 11.8 Å². The van der Waals surface area contributed by atoms with Crippen molar-refractivity contribution >= 4 is 28.7 Å². The van der Waals surface area contributed by atoms with Crippen molar-refractivity contribution < 1.29 is 14.4 Å². The fraction of sp³-hybridized carbons (Fsp3) is 0.808. The number of ketones is 1. The summed E-state index contributed by atoms with van der Waals surface area (Å²) in [6.07, 6.45) is 9.38. The Hall–Kier alpha value is -1.10. The van der Waals surface area contributed by atoms with Crippen LogP contribution in [-0.2, 0) is 9.59 Å². The third-order valence-corrected chi connectivity index (χ3v) is 11.4. The molecule has 1 saturated heterocycles. The van der Waals surface area contributed by atoms with E-state index in [9.17, 15) is 14.4 Å². The third kappa shape index (κ3) is 2.83. The van der Waals surface area contributed by atoms with Crippen molar-refractivity contribution in [2.75, 3.05) is 12.3 Å². The molecule has 4 nitrogen and oxygen atoms in total. The van der Waals surface area contributed by atoms with Crippen LogP contribution >= 0.6 is 11.8 Å². The number of Topliss-reactive ketones (excluding diaryl/α,β-unsaturated/α-hetero) is 1. The predicted octanol–water partition coefficient (Wildman–Crippen LogP) is 5.32. The molecule has 0 aromatic rings. The highest BCUT2D eigenvalue weighted by molar-refractivity contribution is 8.14. The predicted molar refractivity (Wildman–Crippen MR) is 121 cm³/mol. The van der Waals surface area contributed by atoms with Gasteiger partial charge in [-0.2, -0.15) is 0 Å². The summed E-state index contributed by atoms with van der Waals surface area (Å²) in [5, 5.41) is -0.246. The van der Waals surface area contributed by atoms with E-state index in [1.807, 2.05) is 0 Å². The zero-order chi connectivity index (χ0) is 21.7. The van der Waals surface area contributed by atoms with Crippen molar-refractivity contribution in [2.45, 2.75) is 65.7 Å². The summed E-state index contributed by atoms with van der Waals surface area (Å²) in [7, 11) is 0. The Labute approximate surface area is 190 Å². The fourth-order valence-electron chi connectivity index (χ4n) is 9.25. The van der Waals surface area contributed by atoms with Gasteiger partial charge < -0.3 is 0 Å². The molecule has 168 valence electrons. The number of fused-ring (bicyclic) bond motifs is 7. The van der Waals surface area contributed by atoms with Gasteiger partial charge in [0.15, 0.2) is 5.78 Å². The van der Waals surface area contributed by atoms with E-state index in [1.165, 1.54) is 54.6 Å². The molecule has 0 N–H and O–H groups in total. The Bertz CT molecular complexity index is 879. The number of imide groups is 1. The van der Waals surface area contributed by atoms with E-state index >= 15 is 0 Å². The van der Waals surface area contributed by atoms with E-state index in [-0.39, 0.29) is 40.6 Å². The van der Waals surface area contributed by atoms with Crippen LogP contribution in [0.25, 0.3) is 0 Å². The Kier molecular flexibility index (Phi) is 4.60. The highest BCUT2D eigenvalue weighted by Gasteiger charge is 2.68. The maximum atomic E-state index is 13.6. The molecule has 0 spiro atoms. The minimum atomic E-state index is -0.246. The van der Waals surface area contributed by atoms with Gasteiger partial charge in [0.2, 0.25) is 5.91 Å². The number of rotatable bonds is 3. The van der Waals surface area contributed by atoms with Crippen LogP contribution in [0.3, 0.4) is 0 Å².